The quantitative estimate of drug-likeness (QED) is 0.534. The van der Waals surface area contributed by atoms with Gasteiger partial charge in [0.1, 0.15) is 0 Å². The van der Waals surface area contributed by atoms with E-state index in [0.717, 1.165) is 6.92 Å². The van der Waals surface area contributed by atoms with Gasteiger partial charge < -0.3 is 5.11 Å². The van der Waals surface area contributed by atoms with Crippen molar-refractivity contribution in [3.63, 3.8) is 0 Å². The number of alkyl halides is 1. The summed E-state index contributed by atoms with van der Waals surface area (Å²) in [5, 5.41) is 7.91. The SMILES string of the molecule is CC(=O)C(F)CO. The molecule has 0 heterocycles. The first-order valence-electron chi connectivity index (χ1n) is 1.94. The summed E-state index contributed by atoms with van der Waals surface area (Å²) in [5.74, 6) is -0.623. The van der Waals surface area contributed by atoms with E-state index in [4.69, 9.17) is 5.11 Å². The van der Waals surface area contributed by atoms with Crippen LogP contribution in [0.3, 0.4) is 0 Å². The van der Waals surface area contributed by atoms with Gasteiger partial charge in [0.25, 0.3) is 0 Å². The van der Waals surface area contributed by atoms with Crippen LogP contribution >= 0.6 is 0 Å². The lowest BCUT2D eigenvalue weighted by molar-refractivity contribution is -0.122. The molecule has 7 heavy (non-hydrogen) atoms. The van der Waals surface area contributed by atoms with Gasteiger partial charge in [-0.1, -0.05) is 0 Å². The maximum Gasteiger partial charge on any atom is 0.181 e. The van der Waals surface area contributed by atoms with Gasteiger partial charge in [0.05, 0.1) is 6.61 Å². The topological polar surface area (TPSA) is 37.3 Å². The molecule has 0 radical (unpaired) electrons. The lowest BCUT2D eigenvalue weighted by atomic mass is 10.3. The van der Waals surface area contributed by atoms with Gasteiger partial charge in [0.15, 0.2) is 12.0 Å². The summed E-state index contributed by atoms with van der Waals surface area (Å²) in [5.41, 5.74) is 0. The van der Waals surface area contributed by atoms with E-state index in [1.54, 1.807) is 0 Å². The average Bonchev–Trinajstić information content (AvgIpc) is 1.65. The molecule has 0 amide bonds. The highest BCUT2D eigenvalue weighted by Crippen LogP contribution is 1.87. The fraction of sp³-hybridized carbons (Fsp3) is 0.750. The molecular weight excluding hydrogens is 99.0 g/mol. The molecule has 3 heteroatoms. The van der Waals surface area contributed by atoms with E-state index < -0.39 is 18.6 Å². The largest absolute Gasteiger partial charge is 0.393 e. The van der Waals surface area contributed by atoms with Crippen molar-refractivity contribution in [1.29, 1.82) is 0 Å². The second kappa shape index (κ2) is 2.69. The summed E-state index contributed by atoms with van der Waals surface area (Å²) in [4.78, 5) is 9.84. The Balaban J connectivity index is 3.34. The number of halogens is 1. The second-order valence-corrected chi connectivity index (χ2v) is 1.26. The molecule has 0 saturated heterocycles. The minimum atomic E-state index is -1.68. The zero-order chi connectivity index (χ0) is 5.86. The molecule has 0 bridgehead atoms. The van der Waals surface area contributed by atoms with E-state index in [1.165, 1.54) is 0 Å². The minimum absolute atomic E-state index is 0.623. The molecule has 1 unspecified atom stereocenters. The van der Waals surface area contributed by atoms with Gasteiger partial charge >= 0.3 is 0 Å². The summed E-state index contributed by atoms with van der Waals surface area (Å²) in [6.07, 6.45) is -1.68. The number of hydrogen-bond acceptors (Lipinski definition) is 2. The highest BCUT2D eigenvalue weighted by Gasteiger charge is 2.07. The van der Waals surface area contributed by atoms with Crippen LogP contribution in [0.5, 0.6) is 0 Å². The predicted molar refractivity (Wildman–Crippen MR) is 22.7 cm³/mol. The smallest absolute Gasteiger partial charge is 0.181 e. The Bertz CT molecular complexity index is 72.1. The molecule has 0 fully saturated rings. The molecule has 2 nitrogen and oxygen atoms in total. The first kappa shape index (κ1) is 6.56. The molecule has 0 rings (SSSR count). The molecule has 1 atom stereocenters. The summed E-state index contributed by atoms with van der Waals surface area (Å²) in [6.45, 7) is 0.399. The molecule has 0 spiro atoms. The molecule has 0 aliphatic rings. The average molecular weight is 106 g/mol. The van der Waals surface area contributed by atoms with Crippen LogP contribution in [0.1, 0.15) is 6.92 Å². The van der Waals surface area contributed by atoms with Crippen molar-refractivity contribution in [2.24, 2.45) is 0 Å². The standard InChI is InChI=1S/C4H7FO2/c1-3(7)4(5)2-6/h4,6H,2H2,1H3. The fourth-order valence-corrected chi connectivity index (χ4v) is 0.129. The van der Waals surface area contributed by atoms with Crippen LogP contribution in [0.4, 0.5) is 4.39 Å². The van der Waals surface area contributed by atoms with Crippen molar-refractivity contribution in [3.8, 4) is 0 Å². The van der Waals surface area contributed by atoms with Crippen LogP contribution in [0, 0.1) is 0 Å². The number of carbonyl (C=O) groups is 1. The molecule has 0 aromatic heterocycles. The van der Waals surface area contributed by atoms with E-state index in [1.807, 2.05) is 0 Å². The zero-order valence-corrected chi connectivity index (χ0v) is 4.02. The van der Waals surface area contributed by atoms with Crippen molar-refractivity contribution in [2.45, 2.75) is 13.1 Å². The van der Waals surface area contributed by atoms with Crippen LogP contribution in [0.25, 0.3) is 0 Å². The highest BCUT2D eigenvalue weighted by atomic mass is 19.1. The molecule has 42 valence electrons. The number of aliphatic hydroxyl groups excluding tert-OH is 1. The summed E-state index contributed by atoms with van der Waals surface area (Å²) >= 11 is 0. The Kier molecular flexibility index (Phi) is 2.52. The van der Waals surface area contributed by atoms with Crippen molar-refractivity contribution in [2.75, 3.05) is 6.61 Å². The number of rotatable bonds is 2. The van der Waals surface area contributed by atoms with Crippen molar-refractivity contribution < 1.29 is 14.3 Å². The van der Waals surface area contributed by atoms with Gasteiger partial charge in [0, 0.05) is 0 Å². The summed E-state index contributed by atoms with van der Waals surface area (Å²) in [6, 6.07) is 0. The fourth-order valence-electron chi connectivity index (χ4n) is 0.129. The third kappa shape index (κ3) is 2.28. The Morgan fingerprint density at radius 1 is 2.00 bits per heavy atom. The van der Waals surface area contributed by atoms with Crippen LogP contribution in [0.2, 0.25) is 0 Å². The predicted octanol–water partition coefficient (Wildman–Crippen LogP) is -0.0942. The van der Waals surface area contributed by atoms with Gasteiger partial charge in [0.2, 0.25) is 0 Å². The Morgan fingerprint density at radius 3 is 2.43 bits per heavy atom. The monoisotopic (exact) mass is 106 g/mol. The van der Waals surface area contributed by atoms with Crippen LogP contribution in [-0.2, 0) is 4.79 Å². The Hall–Kier alpha value is -0.440. The molecule has 0 aromatic carbocycles. The number of Topliss-reactive ketones (excluding diaryl/α,β-unsaturated/α-hetero) is 1. The van der Waals surface area contributed by atoms with Gasteiger partial charge in [-0.05, 0) is 6.92 Å². The normalized spacial score (nSPS) is 13.6. The van der Waals surface area contributed by atoms with Gasteiger partial charge in [-0.15, -0.1) is 0 Å². The first-order valence-corrected chi connectivity index (χ1v) is 1.94. The first-order chi connectivity index (χ1) is 3.18. The number of hydrogen-bond donors (Lipinski definition) is 1. The van der Waals surface area contributed by atoms with Gasteiger partial charge in [-0.25, -0.2) is 4.39 Å². The Labute approximate surface area is 41.0 Å². The van der Waals surface area contributed by atoms with E-state index in [0.29, 0.717) is 0 Å². The third-order valence-electron chi connectivity index (χ3n) is 0.601. The van der Waals surface area contributed by atoms with E-state index in [9.17, 15) is 9.18 Å². The lowest BCUT2D eigenvalue weighted by Gasteiger charge is -1.93. The highest BCUT2D eigenvalue weighted by molar-refractivity contribution is 5.80. The lowest BCUT2D eigenvalue weighted by Crippen LogP contribution is -2.15. The molecule has 0 aliphatic carbocycles. The maximum absolute atomic E-state index is 11.7. The third-order valence-corrected chi connectivity index (χ3v) is 0.601. The molecule has 0 aromatic rings. The molecule has 0 aliphatic heterocycles. The summed E-state index contributed by atoms with van der Waals surface area (Å²) < 4.78 is 11.7. The Morgan fingerprint density at radius 2 is 2.43 bits per heavy atom. The van der Waals surface area contributed by atoms with Gasteiger partial charge in [-0.2, -0.15) is 0 Å². The van der Waals surface area contributed by atoms with E-state index in [2.05, 4.69) is 0 Å². The maximum atomic E-state index is 11.7. The molecular formula is C4H7FO2. The number of aliphatic hydroxyl groups is 1. The minimum Gasteiger partial charge on any atom is -0.393 e. The van der Waals surface area contributed by atoms with Crippen molar-refractivity contribution in [3.05, 3.63) is 0 Å². The van der Waals surface area contributed by atoms with Crippen molar-refractivity contribution in [1.82, 2.24) is 0 Å². The van der Waals surface area contributed by atoms with E-state index >= 15 is 0 Å². The van der Waals surface area contributed by atoms with Crippen LogP contribution < -0.4 is 0 Å². The molecule has 1 N–H and O–H groups in total. The van der Waals surface area contributed by atoms with E-state index in [-0.39, 0.29) is 0 Å². The van der Waals surface area contributed by atoms with Gasteiger partial charge in [-0.3, -0.25) is 4.79 Å². The summed E-state index contributed by atoms with van der Waals surface area (Å²) in [7, 11) is 0. The van der Waals surface area contributed by atoms with Crippen LogP contribution in [-0.4, -0.2) is 23.7 Å². The molecule has 0 saturated carbocycles. The number of ketones is 1. The zero-order valence-electron chi connectivity index (χ0n) is 4.02. The number of carbonyl (C=O) groups excluding carboxylic acids is 1. The van der Waals surface area contributed by atoms with Crippen LogP contribution in [0.15, 0.2) is 0 Å². The second-order valence-electron chi connectivity index (χ2n) is 1.26. The van der Waals surface area contributed by atoms with Crippen molar-refractivity contribution >= 4 is 5.78 Å².